The van der Waals surface area contributed by atoms with Gasteiger partial charge in [0.25, 0.3) is 0 Å². The van der Waals surface area contributed by atoms with E-state index in [-0.39, 0.29) is 4.90 Å². The largest absolute Gasteiger partial charge is 0.465 e. The molecule has 1 N–H and O–H groups in total. The third-order valence-corrected chi connectivity index (χ3v) is 6.45. The van der Waals surface area contributed by atoms with Crippen molar-refractivity contribution in [3.05, 3.63) is 48.4 Å². The monoisotopic (exact) mass is 392 g/mol. The number of nitrogens with one attached hydrogen (secondary N) is 1. The molecule has 1 aliphatic rings. The second-order valence-electron chi connectivity index (χ2n) is 6.43. The van der Waals surface area contributed by atoms with Gasteiger partial charge in [-0.2, -0.15) is 4.31 Å². The summed E-state index contributed by atoms with van der Waals surface area (Å²) in [6.45, 7) is 3.00. The number of carbonyl (C=O) groups is 1. The van der Waals surface area contributed by atoms with Gasteiger partial charge in [-0.05, 0) is 55.7 Å². The lowest BCUT2D eigenvalue weighted by molar-refractivity contribution is 0.0943. The fourth-order valence-electron chi connectivity index (χ4n) is 3.06. The molecule has 1 saturated heterocycles. The van der Waals surface area contributed by atoms with Crippen LogP contribution in [0.3, 0.4) is 0 Å². The highest BCUT2D eigenvalue weighted by atomic mass is 32.2. The quantitative estimate of drug-likeness (QED) is 0.797. The Morgan fingerprint density at radius 2 is 1.89 bits per heavy atom. The number of carbonyl (C=O) groups excluding carboxylic acids is 1. The third-order valence-electron chi connectivity index (χ3n) is 4.53. The van der Waals surface area contributed by atoms with Crippen LogP contribution in [0.15, 0.2) is 52.0 Å². The lowest BCUT2D eigenvalue weighted by Crippen LogP contribution is -2.35. The molecular formula is C19H24N2O5S. The number of hydrogen-bond acceptors (Lipinski definition) is 5. The summed E-state index contributed by atoms with van der Waals surface area (Å²) >= 11 is 0. The SMILES string of the molecule is CC[C@@H](OC(=O)Nc1ccc(S(=O)(=O)N2CCCCC2)cc1)c1ccco1. The number of benzene rings is 1. The normalized spacial score (nSPS) is 16.6. The van der Waals surface area contributed by atoms with Crippen molar-refractivity contribution in [3.63, 3.8) is 0 Å². The van der Waals surface area contributed by atoms with Gasteiger partial charge in [-0.25, -0.2) is 13.2 Å². The summed E-state index contributed by atoms with van der Waals surface area (Å²) in [5, 5.41) is 2.62. The minimum absolute atomic E-state index is 0.227. The smallest absolute Gasteiger partial charge is 0.412 e. The van der Waals surface area contributed by atoms with Gasteiger partial charge in [0.2, 0.25) is 10.0 Å². The molecule has 2 heterocycles. The summed E-state index contributed by atoms with van der Waals surface area (Å²) < 4.78 is 37.4. The van der Waals surface area contributed by atoms with E-state index in [2.05, 4.69) is 5.32 Å². The first-order valence-corrected chi connectivity index (χ1v) is 10.6. The van der Waals surface area contributed by atoms with E-state index in [0.29, 0.717) is 31.0 Å². The molecule has 146 valence electrons. The minimum atomic E-state index is -3.48. The minimum Gasteiger partial charge on any atom is -0.465 e. The number of amides is 1. The molecule has 27 heavy (non-hydrogen) atoms. The average molecular weight is 392 g/mol. The number of hydrogen-bond donors (Lipinski definition) is 1. The number of sulfonamides is 1. The Morgan fingerprint density at radius 1 is 1.19 bits per heavy atom. The summed E-state index contributed by atoms with van der Waals surface area (Å²) in [7, 11) is -3.48. The van der Waals surface area contributed by atoms with Crippen molar-refractivity contribution >= 4 is 21.8 Å². The highest BCUT2D eigenvalue weighted by Gasteiger charge is 2.25. The molecule has 0 bridgehead atoms. The zero-order valence-corrected chi connectivity index (χ0v) is 16.1. The van der Waals surface area contributed by atoms with Crippen LogP contribution in [0.4, 0.5) is 10.5 Å². The van der Waals surface area contributed by atoms with E-state index in [4.69, 9.17) is 9.15 Å². The maximum absolute atomic E-state index is 12.6. The van der Waals surface area contributed by atoms with E-state index in [1.807, 2.05) is 6.92 Å². The van der Waals surface area contributed by atoms with Crippen LogP contribution >= 0.6 is 0 Å². The fourth-order valence-corrected chi connectivity index (χ4v) is 4.58. The van der Waals surface area contributed by atoms with Crippen LogP contribution in [0.5, 0.6) is 0 Å². The molecule has 1 amide bonds. The number of furan rings is 1. The number of piperidine rings is 1. The molecule has 1 atom stereocenters. The van der Waals surface area contributed by atoms with Crippen LogP contribution < -0.4 is 5.32 Å². The van der Waals surface area contributed by atoms with Crippen molar-refractivity contribution in [3.8, 4) is 0 Å². The molecular weight excluding hydrogens is 368 g/mol. The van der Waals surface area contributed by atoms with Crippen molar-refractivity contribution in [2.75, 3.05) is 18.4 Å². The Kier molecular flexibility index (Phi) is 6.18. The molecule has 1 aromatic heterocycles. The summed E-state index contributed by atoms with van der Waals surface area (Å²) in [6, 6.07) is 9.62. The van der Waals surface area contributed by atoms with Gasteiger partial charge in [0.15, 0.2) is 6.10 Å². The molecule has 1 aliphatic heterocycles. The zero-order chi connectivity index (χ0) is 19.3. The van der Waals surface area contributed by atoms with Gasteiger partial charge in [0, 0.05) is 18.8 Å². The van der Waals surface area contributed by atoms with Crippen LogP contribution in [0.1, 0.15) is 44.5 Å². The second kappa shape index (κ2) is 8.58. The lowest BCUT2D eigenvalue weighted by atomic mass is 10.2. The molecule has 3 rings (SSSR count). The van der Waals surface area contributed by atoms with Crippen molar-refractivity contribution < 1.29 is 22.4 Å². The van der Waals surface area contributed by atoms with Gasteiger partial charge >= 0.3 is 6.09 Å². The van der Waals surface area contributed by atoms with Crippen molar-refractivity contribution in [2.24, 2.45) is 0 Å². The average Bonchev–Trinajstić information content (AvgIpc) is 3.22. The maximum atomic E-state index is 12.6. The first-order valence-electron chi connectivity index (χ1n) is 9.12. The molecule has 0 spiro atoms. The van der Waals surface area contributed by atoms with E-state index in [0.717, 1.165) is 19.3 Å². The van der Waals surface area contributed by atoms with Crippen molar-refractivity contribution in [2.45, 2.75) is 43.6 Å². The number of anilines is 1. The summed E-state index contributed by atoms with van der Waals surface area (Å²) in [5.74, 6) is 0.579. The number of ether oxygens (including phenoxy) is 1. The van der Waals surface area contributed by atoms with Gasteiger partial charge in [0.1, 0.15) is 5.76 Å². The van der Waals surface area contributed by atoms with Crippen molar-refractivity contribution in [1.29, 1.82) is 0 Å². The Hall–Kier alpha value is -2.32. The van der Waals surface area contributed by atoms with E-state index in [1.165, 1.54) is 22.7 Å². The molecule has 8 heteroatoms. The van der Waals surface area contributed by atoms with Crippen LogP contribution in [0.2, 0.25) is 0 Å². The van der Waals surface area contributed by atoms with Crippen LogP contribution in [0, 0.1) is 0 Å². The first kappa shape index (κ1) is 19.4. The molecule has 1 aromatic carbocycles. The summed E-state index contributed by atoms with van der Waals surface area (Å²) in [6.07, 6.45) is 3.85. The molecule has 0 aliphatic carbocycles. The fraction of sp³-hybridized carbons (Fsp3) is 0.421. The Bertz CT molecular complexity index is 841. The first-order chi connectivity index (χ1) is 13.0. The molecule has 7 nitrogen and oxygen atoms in total. The van der Waals surface area contributed by atoms with Gasteiger partial charge in [-0.1, -0.05) is 13.3 Å². The highest BCUT2D eigenvalue weighted by molar-refractivity contribution is 7.89. The maximum Gasteiger partial charge on any atom is 0.412 e. The van der Waals surface area contributed by atoms with Gasteiger partial charge in [-0.3, -0.25) is 5.32 Å². The van der Waals surface area contributed by atoms with Gasteiger partial charge in [-0.15, -0.1) is 0 Å². The predicted octanol–water partition coefficient (Wildman–Crippen LogP) is 4.15. The number of nitrogens with zero attached hydrogens (tertiary/aromatic N) is 1. The van der Waals surface area contributed by atoms with E-state index >= 15 is 0 Å². The summed E-state index contributed by atoms with van der Waals surface area (Å²) in [4.78, 5) is 12.3. The van der Waals surface area contributed by atoms with Crippen LogP contribution in [-0.2, 0) is 14.8 Å². The van der Waals surface area contributed by atoms with Crippen molar-refractivity contribution in [1.82, 2.24) is 4.31 Å². The van der Waals surface area contributed by atoms with E-state index < -0.39 is 22.2 Å². The Morgan fingerprint density at radius 3 is 2.48 bits per heavy atom. The topological polar surface area (TPSA) is 88.8 Å². The second-order valence-corrected chi connectivity index (χ2v) is 8.37. The lowest BCUT2D eigenvalue weighted by Gasteiger charge is -2.25. The molecule has 0 saturated carbocycles. The number of rotatable bonds is 6. The Labute approximate surface area is 159 Å². The van der Waals surface area contributed by atoms with Crippen LogP contribution in [-0.4, -0.2) is 31.9 Å². The summed E-state index contributed by atoms with van der Waals surface area (Å²) in [5.41, 5.74) is 0.465. The van der Waals surface area contributed by atoms with Crippen LogP contribution in [0.25, 0.3) is 0 Å². The third kappa shape index (κ3) is 4.70. The molecule has 2 aromatic rings. The van der Waals surface area contributed by atoms with E-state index in [1.54, 1.807) is 24.3 Å². The highest BCUT2D eigenvalue weighted by Crippen LogP contribution is 2.24. The van der Waals surface area contributed by atoms with E-state index in [9.17, 15) is 13.2 Å². The van der Waals surface area contributed by atoms with Gasteiger partial charge in [0.05, 0.1) is 11.2 Å². The molecule has 0 unspecified atom stereocenters. The molecule has 1 fully saturated rings. The van der Waals surface area contributed by atoms with Gasteiger partial charge < -0.3 is 9.15 Å². The zero-order valence-electron chi connectivity index (χ0n) is 15.3. The molecule has 0 radical (unpaired) electrons. The Balaban J connectivity index is 1.62. The standard InChI is InChI=1S/C19H24N2O5S/c1-2-17(18-7-6-14-25-18)26-19(22)20-15-8-10-16(11-9-15)27(23,24)21-12-4-3-5-13-21/h6-11,14,17H,2-5,12-13H2,1H3,(H,20,22)/t17-/m1/s1. The predicted molar refractivity (Wildman–Crippen MR) is 101 cm³/mol.